The molecule has 0 atom stereocenters. The lowest BCUT2D eigenvalue weighted by molar-refractivity contribution is -0.204. The van der Waals surface area contributed by atoms with Crippen LogP contribution in [0.1, 0.15) is 31.9 Å². The third kappa shape index (κ3) is 2.76. The molecule has 1 aromatic rings. The van der Waals surface area contributed by atoms with E-state index in [4.69, 9.17) is 0 Å². The van der Waals surface area contributed by atoms with Crippen LogP contribution in [0.15, 0.2) is 24.3 Å². The minimum Gasteiger partial charge on any atom is -0.239 e. The van der Waals surface area contributed by atoms with Crippen molar-refractivity contribution in [2.24, 2.45) is 0 Å². The fraction of sp³-hybridized carbons (Fsp3) is 0.500. The van der Waals surface area contributed by atoms with Gasteiger partial charge in [-0.25, -0.2) is 4.39 Å². The smallest absolute Gasteiger partial charge is 0.239 e. The summed E-state index contributed by atoms with van der Waals surface area (Å²) in [5, 5.41) is 0. The first kappa shape index (κ1) is 13.9. The van der Waals surface area contributed by atoms with Gasteiger partial charge in [0.1, 0.15) is 5.67 Å². The predicted octanol–water partition coefficient (Wildman–Crippen LogP) is 4.64. The molecule has 0 bridgehead atoms. The fourth-order valence-electron chi connectivity index (χ4n) is 1.33. The summed E-state index contributed by atoms with van der Waals surface area (Å²) in [5.41, 5.74) is -2.35. The zero-order valence-corrected chi connectivity index (χ0v) is 9.70. The highest BCUT2D eigenvalue weighted by molar-refractivity contribution is 5.30. The second kappa shape index (κ2) is 3.96. The quantitative estimate of drug-likeness (QED) is 0.687. The van der Waals surface area contributed by atoms with Gasteiger partial charge in [0, 0.05) is 12.5 Å². The van der Waals surface area contributed by atoms with E-state index in [1.807, 2.05) is 0 Å². The van der Waals surface area contributed by atoms with Crippen LogP contribution in [0.5, 0.6) is 0 Å². The van der Waals surface area contributed by atoms with Crippen LogP contribution in [-0.4, -0.2) is 5.92 Å². The van der Waals surface area contributed by atoms with Gasteiger partial charge in [-0.15, -0.1) is 0 Å². The Kier molecular flexibility index (Phi) is 3.25. The van der Waals surface area contributed by atoms with Crippen LogP contribution in [0.4, 0.5) is 22.0 Å². The lowest BCUT2D eigenvalue weighted by atomic mass is 9.96. The van der Waals surface area contributed by atoms with Gasteiger partial charge in [0.2, 0.25) is 0 Å². The molecule has 0 N–H and O–H groups in total. The van der Waals surface area contributed by atoms with E-state index in [-0.39, 0.29) is 12.5 Å². The van der Waals surface area contributed by atoms with Gasteiger partial charge in [-0.3, -0.25) is 0 Å². The lowest BCUT2D eigenvalue weighted by Crippen LogP contribution is -2.34. The number of rotatable bonds is 3. The zero-order valence-electron chi connectivity index (χ0n) is 9.70. The zero-order chi connectivity index (χ0) is 13.5. The van der Waals surface area contributed by atoms with Crippen molar-refractivity contribution in [1.82, 2.24) is 0 Å². The van der Waals surface area contributed by atoms with Crippen molar-refractivity contribution in [3.8, 4) is 0 Å². The van der Waals surface area contributed by atoms with Crippen molar-refractivity contribution in [3.63, 3.8) is 0 Å². The summed E-state index contributed by atoms with van der Waals surface area (Å²) in [4.78, 5) is 0. The third-order valence-electron chi connectivity index (χ3n) is 2.49. The predicted molar refractivity (Wildman–Crippen MR) is 55.1 cm³/mol. The molecule has 1 aromatic carbocycles. The molecule has 0 aromatic heterocycles. The molecule has 0 fully saturated rings. The highest BCUT2D eigenvalue weighted by Gasteiger charge is 2.53. The standard InChI is InChI=1S/C12H13F5/c1-10(2,13)8-4-6-9(7-5-8)12(16,17)11(3,14)15/h4-7H,1-3H3. The van der Waals surface area contributed by atoms with Crippen LogP contribution in [0.25, 0.3) is 0 Å². The first-order valence-corrected chi connectivity index (χ1v) is 5.02. The second-order valence-electron chi connectivity index (χ2n) is 4.51. The highest BCUT2D eigenvalue weighted by atomic mass is 19.3. The molecule has 17 heavy (non-hydrogen) atoms. The van der Waals surface area contributed by atoms with Crippen molar-refractivity contribution in [1.29, 1.82) is 0 Å². The van der Waals surface area contributed by atoms with Crippen molar-refractivity contribution >= 4 is 0 Å². The van der Waals surface area contributed by atoms with Gasteiger partial charge in [-0.05, 0) is 19.4 Å². The number of hydrogen-bond donors (Lipinski definition) is 0. The molecule has 0 nitrogen and oxygen atoms in total. The van der Waals surface area contributed by atoms with Crippen LogP contribution in [0, 0.1) is 0 Å². The van der Waals surface area contributed by atoms with Crippen molar-refractivity contribution in [2.75, 3.05) is 0 Å². The van der Waals surface area contributed by atoms with E-state index >= 15 is 0 Å². The van der Waals surface area contributed by atoms with Gasteiger partial charge < -0.3 is 0 Å². The molecule has 0 aliphatic heterocycles. The van der Waals surface area contributed by atoms with E-state index in [1.165, 1.54) is 13.8 Å². The van der Waals surface area contributed by atoms with Gasteiger partial charge >= 0.3 is 11.8 Å². The van der Waals surface area contributed by atoms with Gasteiger partial charge in [0.15, 0.2) is 0 Å². The van der Waals surface area contributed by atoms with E-state index in [0.717, 1.165) is 24.3 Å². The molecule has 0 aliphatic carbocycles. The first-order valence-electron chi connectivity index (χ1n) is 5.02. The summed E-state index contributed by atoms with van der Waals surface area (Å²) < 4.78 is 65.3. The summed E-state index contributed by atoms with van der Waals surface area (Å²) in [6.45, 7) is 2.67. The first-order chi connectivity index (χ1) is 7.46. The maximum absolute atomic E-state index is 13.4. The van der Waals surface area contributed by atoms with Gasteiger partial charge in [0.05, 0.1) is 0 Å². The molecule has 96 valence electrons. The topological polar surface area (TPSA) is 0 Å². The average molecular weight is 252 g/mol. The number of alkyl halides is 5. The Hall–Kier alpha value is -1.13. The summed E-state index contributed by atoms with van der Waals surface area (Å²) in [7, 11) is 0. The Morgan fingerprint density at radius 2 is 1.06 bits per heavy atom. The van der Waals surface area contributed by atoms with Crippen LogP contribution in [0.2, 0.25) is 0 Å². The summed E-state index contributed by atoms with van der Waals surface area (Å²) in [6, 6.07) is 3.84. The largest absolute Gasteiger partial charge is 0.335 e. The second-order valence-corrected chi connectivity index (χ2v) is 4.51. The number of halogens is 5. The number of hydrogen-bond acceptors (Lipinski definition) is 0. The summed E-state index contributed by atoms with van der Waals surface area (Å²) in [5.74, 6) is -8.41. The van der Waals surface area contributed by atoms with Gasteiger partial charge in [-0.2, -0.15) is 17.6 Å². The Morgan fingerprint density at radius 1 is 0.706 bits per heavy atom. The molecular weight excluding hydrogens is 239 g/mol. The van der Waals surface area contributed by atoms with Crippen LogP contribution < -0.4 is 0 Å². The molecular formula is C12H13F5. The Bertz CT molecular complexity index is 381. The maximum atomic E-state index is 13.4. The summed E-state index contributed by atoms with van der Waals surface area (Å²) >= 11 is 0. The minimum atomic E-state index is -4.26. The molecule has 0 saturated carbocycles. The molecule has 1 rings (SSSR count). The maximum Gasteiger partial charge on any atom is 0.335 e. The fourth-order valence-corrected chi connectivity index (χ4v) is 1.33. The molecule has 0 aliphatic rings. The molecule has 0 heterocycles. The Labute approximate surface area is 96.4 Å². The van der Waals surface area contributed by atoms with E-state index in [1.54, 1.807) is 0 Å². The van der Waals surface area contributed by atoms with Crippen LogP contribution in [0.3, 0.4) is 0 Å². The van der Waals surface area contributed by atoms with E-state index in [2.05, 4.69) is 0 Å². The molecule has 0 spiro atoms. The van der Waals surface area contributed by atoms with Crippen molar-refractivity contribution in [2.45, 2.75) is 38.3 Å². The van der Waals surface area contributed by atoms with E-state index in [9.17, 15) is 22.0 Å². The molecule has 5 heteroatoms. The Morgan fingerprint density at radius 3 is 1.35 bits per heavy atom. The average Bonchev–Trinajstić information content (AvgIpc) is 2.15. The van der Waals surface area contributed by atoms with E-state index < -0.39 is 23.1 Å². The summed E-state index contributed by atoms with van der Waals surface area (Å²) in [6.07, 6.45) is 0. The van der Waals surface area contributed by atoms with Crippen LogP contribution >= 0.6 is 0 Å². The molecule has 0 radical (unpaired) electrons. The van der Waals surface area contributed by atoms with E-state index in [0.29, 0.717) is 0 Å². The monoisotopic (exact) mass is 252 g/mol. The van der Waals surface area contributed by atoms with Crippen molar-refractivity contribution in [3.05, 3.63) is 35.4 Å². The lowest BCUT2D eigenvalue weighted by Gasteiger charge is -2.24. The molecule has 0 saturated heterocycles. The molecule has 0 amide bonds. The minimum absolute atomic E-state index is 0.153. The Balaban J connectivity index is 3.12. The van der Waals surface area contributed by atoms with Gasteiger partial charge in [0.25, 0.3) is 0 Å². The SMILES string of the molecule is CC(C)(F)c1ccc(C(F)(F)C(C)(F)F)cc1. The number of benzene rings is 1. The normalized spacial score (nSPS) is 13.9. The highest BCUT2D eigenvalue weighted by Crippen LogP contribution is 2.42. The van der Waals surface area contributed by atoms with Gasteiger partial charge in [-0.1, -0.05) is 24.3 Å². The van der Waals surface area contributed by atoms with Crippen molar-refractivity contribution < 1.29 is 22.0 Å². The van der Waals surface area contributed by atoms with Crippen LogP contribution in [-0.2, 0) is 11.6 Å². The third-order valence-corrected chi connectivity index (χ3v) is 2.49. The molecule has 0 unspecified atom stereocenters.